The third-order valence-electron chi connectivity index (χ3n) is 0.922. The minimum absolute atomic E-state index is 0.625. The van der Waals surface area contributed by atoms with Crippen LogP contribution in [0.5, 0.6) is 0 Å². The van der Waals surface area contributed by atoms with Gasteiger partial charge in [-0.05, 0) is 0 Å². The lowest BCUT2D eigenvalue weighted by molar-refractivity contribution is -0.141. The fourth-order valence-electron chi connectivity index (χ4n) is 0.511. The molecule has 0 aromatic carbocycles. The first-order valence-corrected chi connectivity index (χ1v) is 2.93. The molecule has 1 aromatic heterocycles. The lowest BCUT2D eigenvalue weighted by atomic mass is 10.4. The number of alkyl halides is 3. The molecule has 0 spiro atoms. The molecule has 0 radical (unpaired) electrons. The summed E-state index contributed by atoms with van der Waals surface area (Å²) in [5.74, 6) is 0. The highest BCUT2D eigenvalue weighted by atomic mass is 35.5. The number of halogens is 4. The predicted molar refractivity (Wildman–Crippen MR) is 32.0 cm³/mol. The van der Waals surface area contributed by atoms with E-state index in [1.165, 1.54) is 0 Å². The van der Waals surface area contributed by atoms with Crippen LogP contribution in [0.2, 0.25) is 5.15 Å². The monoisotopic (exact) mass is 182 g/mol. The molecule has 0 saturated carbocycles. The molecule has 0 amide bonds. The smallest absolute Gasteiger partial charge is 0.247 e. The summed E-state index contributed by atoms with van der Waals surface area (Å²) >= 11 is 5.12. The van der Waals surface area contributed by atoms with E-state index >= 15 is 0 Å². The Hall–Kier alpha value is -0.840. The summed E-state index contributed by atoms with van der Waals surface area (Å²) in [7, 11) is 0. The molecule has 1 aromatic rings. The summed E-state index contributed by atoms with van der Waals surface area (Å²) in [5.41, 5.74) is -1.15. The summed E-state index contributed by atoms with van der Waals surface area (Å²) in [4.78, 5) is 6.26. The molecule has 6 heteroatoms. The summed E-state index contributed by atoms with van der Waals surface area (Å²) < 4.78 is 35.6. The Labute approximate surface area is 65.0 Å². The Kier molecular flexibility index (Phi) is 1.99. The van der Waals surface area contributed by atoms with E-state index < -0.39 is 17.0 Å². The van der Waals surface area contributed by atoms with Gasteiger partial charge in [-0.1, -0.05) is 11.6 Å². The number of nitrogens with zero attached hydrogens (tertiary/aromatic N) is 2. The first-order chi connectivity index (χ1) is 5.02. The van der Waals surface area contributed by atoms with Crippen LogP contribution in [0, 0.1) is 0 Å². The lowest BCUT2D eigenvalue weighted by Gasteiger charge is -2.04. The van der Waals surface area contributed by atoms with Gasteiger partial charge in [-0.25, -0.2) is 9.97 Å². The van der Waals surface area contributed by atoms with Crippen molar-refractivity contribution in [2.24, 2.45) is 0 Å². The standard InChI is InChI=1S/C5H2ClF3N2/c6-4-3(5(7,8)9)10-1-2-11-4/h1-2H. The number of hydrogen-bond acceptors (Lipinski definition) is 2. The van der Waals surface area contributed by atoms with E-state index in [2.05, 4.69) is 9.97 Å². The molecule has 1 heterocycles. The average Bonchev–Trinajstić information content (AvgIpc) is 1.86. The van der Waals surface area contributed by atoms with Crippen LogP contribution in [0.1, 0.15) is 5.69 Å². The predicted octanol–water partition coefficient (Wildman–Crippen LogP) is 2.15. The summed E-state index contributed by atoms with van der Waals surface area (Å²) in [5, 5.41) is -0.625. The van der Waals surface area contributed by atoms with Gasteiger partial charge in [0.25, 0.3) is 0 Å². The Bertz CT molecular complexity index is 260. The molecule has 11 heavy (non-hydrogen) atoms. The van der Waals surface area contributed by atoms with Crippen molar-refractivity contribution in [3.63, 3.8) is 0 Å². The van der Waals surface area contributed by atoms with Crippen LogP contribution in [0.4, 0.5) is 13.2 Å². The normalized spacial score (nSPS) is 11.6. The highest BCUT2D eigenvalue weighted by molar-refractivity contribution is 6.30. The largest absolute Gasteiger partial charge is 0.436 e. The van der Waals surface area contributed by atoms with E-state index in [4.69, 9.17) is 11.6 Å². The topological polar surface area (TPSA) is 25.8 Å². The maximum atomic E-state index is 11.9. The zero-order valence-electron chi connectivity index (χ0n) is 5.06. The molecule has 0 atom stereocenters. The minimum atomic E-state index is -4.52. The van der Waals surface area contributed by atoms with E-state index in [1.807, 2.05) is 0 Å². The van der Waals surface area contributed by atoms with Gasteiger partial charge >= 0.3 is 6.18 Å². The third kappa shape index (κ3) is 1.80. The second kappa shape index (κ2) is 2.65. The van der Waals surface area contributed by atoms with Crippen LogP contribution in [0.25, 0.3) is 0 Å². The van der Waals surface area contributed by atoms with Gasteiger partial charge in [-0.15, -0.1) is 0 Å². The molecule has 0 aliphatic rings. The Morgan fingerprint density at radius 1 is 1.18 bits per heavy atom. The fourth-order valence-corrected chi connectivity index (χ4v) is 0.723. The van der Waals surface area contributed by atoms with Gasteiger partial charge in [-0.2, -0.15) is 13.2 Å². The Morgan fingerprint density at radius 2 is 1.73 bits per heavy atom. The quantitative estimate of drug-likeness (QED) is 0.614. The van der Waals surface area contributed by atoms with Crippen molar-refractivity contribution in [1.82, 2.24) is 9.97 Å². The SMILES string of the molecule is FC(F)(F)c1nccnc1Cl. The molecule has 0 bridgehead atoms. The van der Waals surface area contributed by atoms with Crippen molar-refractivity contribution in [1.29, 1.82) is 0 Å². The fraction of sp³-hybridized carbons (Fsp3) is 0.200. The van der Waals surface area contributed by atoms with Crippen LogP contribution < -0.4 is 0 Å². The second-order valence-electron chi connectivity index (χ2n) is 1.69. The van der Waals surface area contributed by atoms with Crippen molar-refractivity contribution in [2.45, 2.75) is 6.18 Å². The van der Waals surface area contributed by atoms with Crippen LogP contribution in [-0.2, 0) is 6.18 Å². The molecule has 0 aliphatic heterocycles. The second-order valence-corrected chi connectivity index (χ2v) is 2.05. The summed E-state index contributed by atoms with van der Waals surface area (Å²) in [6, 6.07) is 0. The summed E-state index contributed by atoms with van der Waals surface area (Å²) in [6.07, 6.45) is -2.49. The van der Waals surface area contributed by atoms with Crippen molar-refractivity contribution >= 4 is 11.6 Å². The van der Waals surface area contributed by atoms with E-state index in [9.17, 15) is 13.2 Å². The van der Waals surface area contributed by atoms with Crippen LogP contribution in [-0.4, -0.2) is 9.97 Å². The van der Waals surface area contributed by atoms with Gasteiger partial charge in [0, 0.05) is 12.4 Å². The first-order valence-electron chi connectivity index (χ1n) is 2.55. The minimum Gasteiger partial charge on any atom is -0.247 e. The van der Waals surface area contributed by atoms with Crippen molar-refractivity contribution in [3.8, 4) is 0 Å². The van der Waals surface area contributed by atoms with Crippen molar-refractivity contribution in [3.05, 3.63) is 23.2 Å². The molecule has 2 nitrogen and oxygen atoms in total. The molecule has 0 N–H and O–H groups in total. The van der Waals surface area contributed by atoms with E-state index in [0.717, 1.165) is 12.4 Å². The van der Waals surface area contributed by atoms with Gasteiger partial charge in [-0.3, -0.25) is 0 Å². The van der Waals surface area contributed by atoms with E-state index in [-0.39, 0.29) is 0 Å². The van der Waals surface area contributed by atoms with Gasteiger partial charge in [0.2, 0.25) is 0 Å². The average molecular weight is 183 g/mol. The molecular weight excluding hydrogens is 181 g/mol. The molecule has 0 fully saturated rings. The molecule has 0 aliphatic carbocycles. The van der Waals surface area contributed by atoms with Crippen LogP contribution in [0.3, 0.4) is 0 Å². The molecular formula is C5H2ClF3N2. The molecule has 0 unspecified atom stereocenters. The maximum absolute atomic E-state index is 11.9. The molecule has 0 saturated heterocycles. The first kappa shape index (κ1) is 8.26. The number of rotatable bonds is 0. The van der Waals surface area contributed by atoms with Gasteiger partial charge in [0.05, 0.1) is 0 Å². The molecule has 60 valence electrons. The number of aromatic nitrogens is 2. The Morgan fingerprint density at radius 3 is 2.09 bits per heavy atom. The summed E-state index contributed by atoms with van der Waals surface area (Å²) in [6.45, 7) is 0. The van der Waals surface area contributed by atoms with Gasteiger partial charge in [0.15, 0.2) is 10.8 Å². The molecule has 1 rings (SSSR count). The van der Waals surface area contributed by atoms with E-state index in [1.54, 1.807) is 0 Å². The highest BCUT2D eigenvalue weighted by Gasteiger charge is 2.35. The lowest BCUT2D eigenvalue weighted by Crippen LogP contribution is -2.09. The van der Waals surface area contributed by atoms with E-state index in [0.29, 0.717) is 0 Å². The number of hydrogen-bond donors (Lipinski definition) is 0. The highest BCUT2D eigenvalue weighted by Crippen LogP contribution is 2.30. The zero-order valence-corrected chi connectivity index (χ0v) is 5.82. The Balaban J connectivity index is 3.14. The third-order valence-corrected chi connectivity index (χ3v) is 1.20. The van der Waals surface area contributed by atoms with Crippen molar-refractivity contribution in [2.75, 3.05) is 0 Å². The maximum Gasteiger partial charge on any atom is 0.436 e. The zero-order chi connectivity index (χ0) is 8.48. The van der Waals surface area contributed by atoms with Gasteiger partial charge < -0.3 is 0 Å². The van der Waals surface area contributed by atoms with Crippen LogP contribution in [0.15, 0.2) is 12.4 Å². The van der Waals surface area contributed by atoms with Gasteiger partial charge in [0.1, 0.15) is 0 Å². The van der Waals surface area contributed by atoms with Crippen LogP contribution >= 0.6 is 11.6 Å². The van der Waals surface area contributed by atoms with Crippen molar-refractivity contribution < 1.29 is 13.2 Å².